The van der Waals surface area contributed by atoms with E-state index >= 15 is 0 Å². The normalized spacial score (nSPS) is 21.4. The van der Waals surface area contributed by atoms with Crippen LogP contribution in [0, 0.1) is 0 Å². The molecule has 1 amide bonds. The van der Waals surface area contributed by atoms with Gasteiger partial charge in [-0.2, -0.15) is 13.2 Å². The molecule has 8 heteroatoms. The lowest BCUT2D eigenvalue weighted by atomic mass is 9.98. The summed E-state index contributed by atoms with van der Waals surface area (Å²) in [5.41, 5.74) is -1.01. The summed E-state index contributed by atoms with van der Waals surface area (Å²) in [7, 11) is 1.09. The predicted octanol–water partition coefficient (Wildman–Crippen LogP) is 2.62. The highest BCUT2D eigenvalue weighted by Gasteiger charge is 2.54. The molecule has 5 nitrogen and oxygen atoms in total. The highest BCUT2D eigenvalue weighted by molar-refractivity contribution is 5.84. The molecule has 0 radical (unpaired) electrons. The Kier molecular flexibility index (Phi) is 4.36. The first-order chi connectivity index (χ1) is 8.95. The molecule has 114 valence electrons. The topological polar surface area (TPSA) is 55.8 Å². The number of hydrogen-bond acceptors (Lipinski definition) is 4. The van der Waals surface area contributed by atoms with Gasteiger partial charge >= 0.3 is 18.2 Å². The zero-order valence-corrected chi connectivity index (χ0v) is 11.6. The standard InChI is InChI=1S/C12H16F3NO4/c1-11(2,3)20-10(18)16-7(6-9(17)19-4)5-8(16)12(13,14)15/h6,8H,5H2,1-4H3/b7-6-. The lowest BCUT2D eigenvalue weighted by molar-refractivity contribution is -0.193. The van der Waals surface area contributed by atoms with Crippen LogP contribution in [0.15, 0.2) is 11.8 Å². The van der Waals surface area contributed by atoms with Crippen molar-refractivity contribution in [1.82, 2.24) is 4.90 Å². The highest BCUT2D eigenvalue weighted by atomic mass is 19.4. The Balaban J connectivity index is 2.95. The average Bonchev–Trinajstić information content (AvgIpc) is 2.18. The third-order valence-electron chi connectivity index (χ3n) is 2.48. The van der Waals surface area contributed by atoms with E-state index in [2.05, 4.69) is 4.74 Å². The van der Waals surface area contributed by atoms with E-state index in [-0.39, 0.29) is 5.70 Å². The third-order valence-corrected chi connectivity index (χ3v) is 2.48. The van der Waals surface area contributed by atoms with Crippen molar-refractivity contribution in [2.24, 2.45) is 0 Å². The van der Waals surface area contributed by atoms with Crippen molar-refractivity contribution in [3.8, 4) is 0 Å². The second-order valence-electron chi connectivity index (χ2n) is 5.27. The summed E-state index contributed by atoms with van der Waals surface area (Å²) in [6, 6.07) is -1.98. The molecule has 1 unspecified atom stereocenters. The smallest absolute Gasteiger partial charge is 0.415 e. The molecule has 1 fully saturated rings. The van der Waals surface area contributed by atoms with E-state index in [1.807, 2.05) is 0 Å². The molecular weight excluding hydrogens is 279 g/mol. The van der Waals surface area contributed by atoms with Gasteiger partial charge in [0.05, 0.1) is 7.11 Å². The summed E-state index contributed by atoms with van der Waals surface area (Å²) < 4.78 is 47.5. The molecule has 0 aromatic carbocycles. The van der Waals surface area contributed by atoms with Gasteiger partial charge in [-0.3, -0.25) is 4.90 Å². The zero-order valence-electron chi connectivity index (χ0n) is 11.6. The number of rotatable bonds is 1. The number of alkyl halides is 3. The summed E-state index contributed by atoms with van der Waals surface area (Å²) in [5, 5.41) is 0. The molecule has 1 aliphatic heterocycles. The fourth-order valence-corrected chi connectivity index (χ4v) is 1.62. The Labute approximate surface area is 114 Å². The number of ether oxygens (including phenoxy) is 2. The highest BCUT2D eigenvalue weighted by Crippen LogP contribution is 2.41. The van der Waals surface area contributed by atoms with Gasteiger partial charge < -0.3 is 9.47 Å². The Morgan fingerprint density at radius 2 is 1.85 bits per heavy atom. The summed E-state index contributed by atoms with van der Waals surface area (Å²) in [6.07, 6.45) is -5.32. The molecule has 1 saturated heterocycles. The van der Waals surface area contributed by atoms with Crippen LogP contribution in [-0.4, -0.2) is 41.9 Å². The second-order valence-corrected chi connectivity index (χ2v) is 5.27. The van der Waals surface area contributed by atoms with Crippen molar-refractivity contribution >= 4 is 12.1 Å². The molecule has 0 aliphatic carbocycles. The van der Waals surface area contributed by atoms with Crippen molar-refractivity contribution in [2.45, 2.75) is 45.0 Å². The molecule has 20 heavy (non-hydrogen) atoms. The lowest BCUT2D eigenvalue weighted by Crippen LogP contribution is -2.57. The average molecular weight is 295 g/mol. The first-order valence-corrected chi connectivity index (χ1v) is 5.83. The number of amides is 1. The van der Waals surface area contributed by atoms with Crippen molar-refractivity contribution in [3.05, 3.63) is 11.8 Å². The quantitative estimate of drug-likeness (QED) is 0.551. The van der Waals surface area contributed by atoms with E-state index in [9.17, 15) is 22.8 Å². The molecule has 0 saturated carbocycles. The van der Waals surface area contributed by atoms with E-state index in [1.54, 1.807) is 0 Å². The third kappa shape index (κ3) is 3.88. The number of halogens is 3. The maximum Gasteiger partial charge on any atom is 0.415 e. The molecule has 1 rings (SSSR count). The number of carbonyl (C=O) groups is 2. The van der Waals surface area contributed by atoms with Crippen molar-refractivity contribution in [3.63, 3.8) is 0 Å². The maximum atomic E-state index is 12.7. The molecule has 0 bridgehead atoms. The van der Waals surface area contributed by atoms with Crippen molar-refractivity contribution in [1.29, 1.82) is 0 Å². The first kappa shape index (κ1) is 16.3. The van der Waals surface area contributed by atoms with Gasteiger partial charge in [-0.1, -0.05) is 0 Å². The van der Waals surface area contributed by atoms with Gasteiger partial charge in [-0.25, -0.2) is 9.59 Å². The summed E-state index contributed by atoms with van der Waals surface area (Å²) in [4.78, 5) is 23.3. The van der Waals surface area contributed by atoms with Crippen LogP contribution in [0.2, 0.25) is 0 Å². The Morgan fingerprint density at radius 1 is 1.30 bits per heavy atom. The molecule has 0 spiro atoms. The fraction of sp³-hybridized carbons (Fsp3) is 0.667. The number of carbonyl (C=O) groups excluding carboxylic acids is 2. The van der Waals surface area contributed by atoms with Gasteiger partial charge in [0.15, 0.2) is 0 Å². The van der Waals surface area contributed by atoms with Gasteiger partial charge in [0, 0.05) is 18.2 Å². The van der Waals surface area contributed by atoms with Gasteiger partial charge in [-0.05, 0) is 20.8 Å². The predicted molar refractivity (Wildman–Crippen MR) is 62.6 cm³/mol. The minimum absolute atomic E-state index is 0.0755. The molecule has 1 heterocycles. The van der Waals surface area contributed by atoms with Crippen LogP contribution in [0.5, 0.6) is 0 Å². The van der Waals surface area contributed by atoms with Crippen LogP contribution in [0.3, 0.4) is 0 Å². The van der Waals surface area contributed by atoms with Crippen molar-refractivity contribution < 1.29 is 32.2 Å². The lowest BCUT2D eigenvalue weighted by Gasteiger charge is -2.43. The van der Waals surface area contributed by atoms with E-state index in [4.69, 9.17) is 4.74 Å². The van der Waals surface area contributed by atoms with Crippen LogP contribution in [0.4, 0.5) is 18.0 Å². The van der Waals surface area contributed by atoms with Gasteiger partial charge in [-0.15, -0.1) is 0 Å². The van der Waals surface area contributed by atoms with Gasteiger partial charge in [0.2, 0.25) is 0 Å². The zero-order chi connectivity index (χ0) is 15.7. The van der Waals surface area contributed by atoms with Gasteiger partial charge in [0.25, 0.3) is 0 Å². The van der Waals surface area contributed by atoms with Crippen LogP contribution in [-0.2, 0) is 14.3 Å². The SMILES string of the molecule is COC(=O)/C=C1/CC(C(F)(F)F)N1C(=O)OC(C)(C)C. The van der Waals surface area contributed by atoms with Crippen LogP contribution in [0.25, 0.3) is 0 Å². The van der Waals surface area contributed by atoms with Crippen LogP contribution in [0.1, 0.15) is 27.2 Å². The van der Waals surface area contributed by atoms with Gasteiger partial charge in [0.1, 0.15) is 11.6 Å². The van der Waals surface area contributed by atoms with E-state index in [0.717, 1.165) is 13.2 Å². The van der Waals surface area contributed by atoms with E-state index in [0.29, 0.717) is 4.90 Å². The number of hydrogen-bond donors (Lipinski definition) is 0. The Hall–Kier alpha value is -1.73. The Bertz CT molecular complexity index is 437. The molecule has 0 aromatic rings. The Morgan fingerprint density at radius 3 is 2.25 bits per heavy atom. The summed E-state index contributed by atoms with van der Waals surface area (Å²) in [5.74, 6) is -0.825. The summed E-state index contributed by atoms with van der Waals surface area (Å²) >= 11 is 0. The largest absolute Gasteiger partial charge is 0.466 e. The summed E-state index contributed by atoms with van der Waals surface area (Å²) in [6.45, 7) is 4.62. The fourth-order valence-electron chi connectivity index (χ4n) is 1.62. The first-order valence-electron chi connectivity index (χ1n) is 5.83. The molecule has 0 N–H and O–H groups in total. The van der Waals surface area contributed by atoms with Crippen LogP contribution < -0.4 is 0 Å². The monoisotopic (exact) mass is 295 g/mol. The van der Waals surface area contributed by atoms with E-state index in [1.165, 1.54) is 20.8 Å². The minimum atomic E-state index is -4.58. The van der Waals surface area contributed by atoms with E-state index < -0.39 is 36.3 Å². The molecule has 1 atom stereocenters. The number of likely N-dealkylation sites (tertiary alicyclic amines) is 1. The second kappa shape index (κ2) is 5.34. The number of esters is 1. The molecular formula is C12H16F3NO4. The minimum Gasteiger partial charge on any atom is -0.466 e. The number of methoxy groups -OCH3 is 1. The maximum absolute atomic E-state index is 12.7. The van der Waals surface area contributed by atoms with Crippen molar-refractivity contribution in [2.75, 3.05) is 7.11 Å². The molecule has 1 aliphatic rings. The molecule has 0 aromatic heterocycles. The number of nitrogens with zero attached hydrogens (tertiary/aromatic N) is 1. The van der Waals surface area contributed by atoms with Crippen LogP contribution >= 0.6 is 0 Å².